The number of benzene rings is 1. The van der Waals surface area contributed by atoms with E-state index >= 15 is 0 Å². The lowest BCUT2D eigenvalue weighted by Crippen LogP contribution is -2.42. The lowest BCUT2D eigenvalue weighted by Gasteiger charge is -2.35. The number of hydrogen-bond acceptors (Lipinski definition) is 2. The maximum atomic E-state index is 6.47. The van der Waals surface area contributed by atoms with Gasteiger partial charge in [0.15, 0.2) is 0 Å². The Morgan fingerprint density at radius 2 is 1.87 bits per heavy atom. The van der Waals surface area contributed by atoms with Gasteiger partial charge in [0.2, 0.25) is 0 Å². The fourth-order valence-corrected chi connectivity index (χ4v) is 2.30. The van der Waals surface area contributed by atoms with Crippen molar-refractivity contribution in [3.8, 4) is 0 Å². The fraction of sp³-hybridized carbons (Fsp3) is 0.538. The van der Waals surface area contributed by atoms with E-state index in [-0.39, 0.29) is 5.54 Å². The number of nitrogens with two attached hydrogens (primary N) is 1. The molecule has 0 aliphatic carbocycles. The van der Waals surface area contributed by atoms with Crippen molar-refractivity contribution in [1.82, 2.24) is 0 Å². The van der Waals surface area contributed by atoms with Crippen molar-refractivity contribution in [3.05, 3.63) is 34.9 Å². The minimum atomic E-state index is -0.172. The zero-order valence-corrected chi connectivity index (χ0v) is 9.55. The Morgan fingerprint density at radius 3 is 2.53 bits per heavy atom. The van der Waals surface area contributed by atoms with Crippen LogP contribution in [0.4, 0.5) is 0 Å². The van der Waals surface area contributed by atoms with Gasteiger partial charge in [0, 0.05) is 18.8 Å². The molecule has 0 aromatic heterocycles. The molecule has 1 fully saturated rings. The molecular formula is C13H19NO. The second-order valence-corrected chi connectivity index (χ2v) is 4.52. The molecule has 0 unspecified atom stereocenters. The van der Waals surface area contributed by atoms with E-state index in [1.165, 1.54) is 16.7 Å². The van der Waals surface area contributed by atoms with E-state index in [4.69, 9.17) is 10.5 Å². The van der Waals surface area contributed by atoms with E-state index in [9.17, 15) is 0 Å². The number of hydrogen-bond donors (Lipinski definition) is 1. The summed E-state index contributed by atoms with van der Waals surface area (Å²) >= 11 is 0. The van der Waals surface area contributed by atoms with E-state index in [2.05, 4.69) is 32.0 Å². The van der Waals surface area contributed by atoms with Crippen molar-refractivity contribution in [3.63, 3.8) is 0 Å². The van der Waals surface area contributed by atoms with Crippen LogP contribution in [0.2, 0.25) is 0 Å². The highest BCUT2D eigenvalue weighted by atomic mass is 16.5. The first kappa shape index (κ1) is 10.7. The predicted molar refractivity (Wildman–Crippen MR) is 61.8 cm³/mol. The molecule has 1 aliphatic rings. The van der Waals surface area contributed by atoms with Crippen LogP contribution < -0.4 is 5.73 Å². The Bertz CT molecular complexity index is 354. The van der Waals surface area contributed by atoms with E-state index in [1.807, 2.05) is 0 Å². The van der Waals surface area contributed by atoms with Crippen molar-refractivity contribution in [2.45, 2.75) is 32.2 Å². The molecule has 15 heavy (non-hydrogen) atoms. The highest BCUT2D eigenvalue weighted by Crippen LogP contribution is 2.32. The van der Waals surface area contributed by atoms with Crippen LogP contribution in [0, 0.1) is 13.8 Å². The minimum absolute atomic E-state index is 0.172. The van der Waals surface area contributed by atoms with E-state index < -0.39 is 0 Å². The van der Waals surface area contributed by atoms with Gasteiger partial charge in [0.25, 0.3) is 0 Å². The smallest absolute Gasteiger partial charge is 0.0486 e. The Kier molecular flexibility index (Phi) is 2.81. The molecule has 2 N–H and O–H groups in total. The lowest BCUT2D eigenvalue weighted by atomic mass is 9.80. The van der Waals surface area contributed by atoms with Gasteiger partial charge in [-0.3, -0.25) is 0 Å². The van der Waals surface area contributed by atoms with E-state index in [1.54, 1.807) is 0 Å². The summed E-state index contributed by atoms with van der Waals surface area (Å²) in [6.45, 7) is 5.87. The van der Waals surface area contributed by atoms with Crippen molar-refractivity contribution in [2.24, 2.45) is 5.73 Å². The molecule has 1 heterocycles. The molecule has 1 aromatic rings. The first-order valence-electron chi connectivity index (χ1n) is 5.57. The van der Waals surface area contributed by atoms with Crippen molar-refractivity contribution >= 4 is 0 Å². The molecule has 0 bridgehead atoms. The van der Waals surface area contributed by atoms with Gasteiger partial charge in [-0.1, -0.05) is 18.2 Å². The molecule has 0 spiro atoms. The number of ether oxygens (including phenoxy) is 1. The van der Waals surface area contributed by atoms with Crippen LogP contribution in [0.5, 0.6) is 0 Å². The molecule has 0 saturated carbocycles. The highest BCUT2D eigenvalue weighted by molar-refractivity contribution is 5.38. The van der Waals surface area contributed by atoms with Gasteiger partial charge in [-0.25, -0.2) is 0 Å². The van der Waals surface area contributed by atoms with E-state index in [0.717, 1.165) is 26.1 Å². The summed E-state index contributed by atoms with van der Waals surface area (Å²) in [4.78, 5) is 0. The number of aryl methyl sites for hydroxylation is 1. The van der Waals surface area contributed by atoms with Crippen LogP contribution in [0.15, 0.2) is 18.2 Å². The predicted octanol–water partition coefficient (Wildman–Crippen LogP) is 2.27. The molecule has 0 atom stereocenters. The Hall–Kier alpha value is -0.860. The molecule has 1 saturated heterocycles. The molecule has 82 valence electrons. The summed E-state index contributed by atoms with van der Waals surface area (Å²) in [6.07, 6.45) is 1.86. The van der Waals surface area contributed by atoms with Crippen LogP contribution in [0.25, 0.3) is 0 Å². The third-order valence-electron chi connectivity index (χ3n) is 3.53. The quantitative estimate of drug-likeness (QED) is 0.763. The summed E-state index contributed by atoms with van der Waals surface area (Å²) in [6, 6.07) is 6.40. The van der Waals surface area contributed by atoms with Crippen molar-refractivity contribution in [1.29, 1.82) is 0 Å². The van der Waals surface area contributed by atoms with Crippen LogP contribution in [-0.2, 0) is 10.3 Å². The average molecular weight is 205 g/mol. The monoisotopic (exact) mass is 205 g/mol. The topological polar surface area (TPSA) is 35.2 Å². The Labute approximate surface area is 91.4 Å². The largest absolute Gasteiger partial charge is 0.381 e. The number of rotatable bonds is 1. The molecule has 0 radical (unpaired) electrons. The third-order valence-corrected chi connectivity index (χ3v) is 3.53. The molecular weight excluding hydrogens is 186 g/mol. The van der Waals surface area contributed by atoms with Gasteiger partial charge in [-0.2, -0.15) is 0 Å². The van der Waals surface area contributed by atoms with Gasteiger partial charge in [0.05, 0.1) is 0 Å². The van der Waals surface area contributed by atoms with Crippen LogP contribution in [0.3, 0.4) is 0 Å². The van der Waals surface area contributed by atoms with Gasteiger partial charge in [-0.15, -0.1) is 0 Å². The summed E-state index contributed by atoms with van der Waals surface area (Å²) in [5.74, 6) is 0. The lowest BCUT2D eigenvalue weighted by molar-refractivity contribution is 0.0520. The molecule has 1 aliphatic heterocycles. The van der Waals surface area contributed by atoms with Crippen LogP contribution in [-0.4, -0.2) is 13.2 Å². The summed E-state index contributed by atoms with van der Waals surface area (Å²) in [7, 11) is 0. The van der Waals surface area contributed by atoms with Gasteiger partial charge >= 0.3 is 0 Å². The summed E-state index contributed by atoms with van der Waals surface area (Å²) in [5, 5.41) is 0. The molecule has 1 aromatic carbocycles. The summed E-state index contributed by atoms with van der Waals surface area (Å²) < 4.78 is 5.38. The normalized spacial score (nSPS) is 20.2. The van der Waals surface area contributed by atoms with Gasteiger partial charge in [0.1, 0.15) is 0 Å². The third kappa shape index (κ3) is 1.92. The molecule has 2 nitrogen and oxygen atoms in total. The minimum Gasteiger partial charge on any atom is -0.381 e. The second kappa shape index (κ2) is 3.95. The zero-order chi connectivity index (χ0) is 10.9. The molecule has 2 rings (SSSR count). The van der Waals surface area contributed by atoms with Crippen molar-refractivity contribution < 1.29 is 4.74 Å². The highest BCUT2D eigenvalue weighted by Gasteiger charge is 2.31. The SMILES string of the molecule is Cc1cccc(C2(N)CCOCC2)c1C. The maximum absolute atomic E-state index is 6.47. The second-order valence-electron chi connectivity index (χ2n) is 4.52. The zero-order valence-electron chi connectivity index (χ0n) is 9.55. The standard InChI is InChI=1S/C13H19NO/c1-10-4-3-5-12(11(10)2)13(14)6-8-15-9-7-13/h3-5H,6-9,14H2,1-2H3. The van der Waals surface area contributed by atoms with Crippen molar-refractivity contribution in [2.75, 3.05) is 13.2 Å². The van der Waals surface area contributed by atoms with Gasteiger partial charge in [-0.05, 0) is 43.4 Å². The Balaban J connectivity index is 2.39. The van der Waals surface area contributed by atoms with E-state index in [0.29, 0.717) is 0 Å². The van der Waals surface area contributed by atoms with Crippen LogP contribution >= 0.6 is 0 Å². The van der Waals surface area contributed by atoms with Gasteiger partial charge < -0.3 is 10.5 Å². The Morgan fingerprint density at radius 1 is 1.20 bits per heavy atom. The maximum Gasteiger partial charge on any atom is 0.0486 e. The van der Waals surface area contributed by atoms with Crippen LogP contribution in [0.1, 0.15) is 29.5 Å². The summed E-state index contributed by atoms with van der Waals surface area (Å²) in [5.41, 5.74) is 10.3. The average Bonchev–Trinajstić information content (AvgIpc) is 2.23. The molecule has 0 amide bonds. The molecule has 2 heteroatoms. The first-order chi connectivity index (χ1) is 7.13. The first-order valence-corrected chi connectivity index (χ1v) is 5.57. The fourth-order valence-electron chi connectivity index (χ4n) is 2.30.